The van der Waals surface area contributed by atoms with E-state index in [1.165, 1.54) is 6.42 Å². The van der Waals surface area contributed by atoms with Gasteiger partial charge in [0.1, 0.15) is 0 Å². The Balaban J connectivity index is 2.63. The predicted octanol–water partition coefficient (Wildman–Crippen LogP) is 0.981. The van der Waals surface area contributed by atoms with Gasteiger partial charge >= 0.3 is 0 Å². The Labute approximate surface area is 104 Å². The van der Waals surface area contributed by atoms with Crippen LogP contribution < -0.4 is 5.73 Å². The van der Waals surface area contributed by atoms with Gasteiger partial charge in [-0.25, -0.2) is 0 Å². The fourth-order valence-corrected chi connectivity index (χ4v) is 2.28. The quantitative estimate of drug-likeness (QED) is 0.699. The van der Waals surface area contributed by atoms with E-state index in [-0.39, 0.29) is 24.3 Å². The standard InChI is InChI=1S/C13H26N2O2/c1-10(2)12(9-14)13(17)15(7-4-8-16)11-5-3-6-11/h10-12,16H,3-9,14H2,1-2H3. The summed E-state index contributed by atoms with van der Waals surface area (Å²) in [6, 6.07) is 0.391. The summed E-state index contributed by atoms with van der Waals surface area (Å²) < 4.78 is 0. The average Bonchev–Trinajstić information content (AvgIpc) is 2.21. The molecule has 0 spiro atoms. The minimum Gasteiger partial charge on any atom is -0.396 e. The lowest BCUT2D eigenvalue weighted by molar-refractivity contribution is -0.141. The van der Waals surface area contributed by atoms with Crippen molar-refractivity contribution in [2.75, 3.05) is 19.7 Å². The number of carbonyl (C=O) groups excluding carboxylic acids is 1. The van der Waals surface area contributed by atoms with Crippen molar-refractivity contribution in [1.82, 2.24) is 4.90 Å². The van der Waals surface area contributed by atoms with Gasteiger partial charge in [0.15, 0.2) is 0 Å². The van der Waals surface area contributed by atoms with Gasteiger partial charge in [-0.05, 0) is 31.6 Å². The lowest BCUT2D eigenvalue weighted by Crippen LogP contribution is -2.49. The Morgan fingerprint density at radius 2 is 2.12 bits per heavy atom. The molecule has 1 amide bonds. The minimum atomic E-state index is -0.0747. The topological polar surface area (TPSA) is 66.6 Å². The molecule has 100 valence electrons. The Morgan fingerprint density at radius 3 is 2.47 bits per heavy atom. The fourth-order valence-electron chi connectivity index (χ4n) is 2.28. The molecule has 1 fully saturated rings. The molecule has 0 bridgehead atoms. The summed E-state index contributed by atoms with van der Waals surface area (Å²) in [7, 11) is 0. The van der Waals surface area contributed by atoms with Crippen LogP contribution in [0.15, 0.2) is 0 Å². The molecule has 1 rings (SSSR count). The van der Waals surface area contributed by atoms with Crippen molar-refractivity contribution in [1.29, 1.82) is 0 Å². The van der Waals surface area contributed by atoms with Crippen LogP contribution in [0, 0.1) is 11.8 Å². The molecule has 1 unspecified atom stereocenters. The summed E-state index contributed by atoms with van der Waals surface area (Å²) in [6.45, 7) is 5.31. The largest absolute Gasteiger partial charge is 0.396 e. The highest BCUT2D eigenvalue weighted by Crippen LogP contribution is 2.27. The molecule has 4 heteroatoms. The number of carbonyl (C=O) groups is 1. The molecule has 0 aliphatic heterocycles. The van der Waals surface area contributed by atoms with Gasteiger partial charge in [-0.1, -0.05) is 13.8 Å². The first-order valence-corrected chi connectivity index (χ1v) is 6.73. The molecule has 1 aliphatic carbocycles. The Kier molecular flexibility index (Phi) is 5.92. The van der Waals surface area contributed by atoms with Crippen LogP contribution in [0.3, 0.4) is 0 Å². The van der Waals surface area contributed by atoms with Crippen molar-refractivity contribution in [2.45, 2.75) is 45.6 Å². The third-order valence-electron chi connectivity index (χ3n) is 3.73. The van der Waals surface area contributed by atoms with Gasteiger partial charge in [0.05, 0.1) is 5.92 Å². The van der Waals surface area contributed by atoms with E-state index in [4.69, 9.17) is 10.8 Å². The van der Waals surface area contributed by atoms with Crippen LogP contribution in [0.4, 0.5) is 0 Å². The first kappa shape index (κ1) is 14.5. The molecule has 0 heterocycles. The second-order valence-corrected chi connectivity index (χ2v) is 5.28. The van der Waals surface area contributed by atoms with Gasteiger partial charge in [-0.3, -0.25) is 4.79 Å². The number of amides is 1. The number of nitrogens with two attached hydrogens (primary N) is 1. The van der Waals surface area contributed by atoms with Gasteiger partial charge in [0.2, 0.25) is 5.91 Å². The maximum Gasteiger partial charge on any atom is 0.227 e. The van der Waals surface area contributed by atoms with E-state index >= 15 is 0 Å². The average molecular weight is 242 g/mol. The number of nitrogens with zero attached hydrogens (tertiary/aromatic N) is 1. The monoisotopic (exact) mass is 242 g/mol. The molecule has 0 aromatic carbocycles. The molecule has 17 heavy (non-hydrogen) atoms. The molecule has 1 atom stereocenters. The second kappa shape index (κ2) is 6.97. The van der Waals surface area contributed by atoms with Crippen molar-refractivity contribution in [3.8, 4) is 0 Å². The van der Waals surface area contributed by atoms with Crippen LogP contribution in [-0.2, 0) is 4.79 Å². The van der Waals surface area contributed by atoms with Gasteiger partial charge in [0.25, 0.3) is 0 Å². The zero-order chi connectivity index (χ0) is 12.8. The van der Waals surface area contributed by atoms with Crippen molar-refractivity contribution < 1.29 is 9.90 Å². The van der Waals surface area contributed by atoms with E-state index in [9.17, 15) is 4.79 Å². The maximum atomic E-state index is 12.4. The van der Waals surface area contributed by atoms with Gasteiger partial charge in [-0.15, -0.1) is 0 Å². The van der Waals surface area contributed by atoms with Crippen LogP contribution in [0.1, 0.15) is 39.5 Å². The number of aliphatic hydroxyl groups is 1. The number of rotatable bonds is 7. The smallest absolute Gasteiger partial charge is 0.227 e. The highest BCUT2D eigenvalue weighted by molar-refractivity contribution is 5.79. The molecule has 0 aromatic heterocycles. The summed E-state index contributed by atoms with van der Waals surface area (Å²) in [5, 5.41) is 8.91. The lowest BCUT2D eigenvalue weighted by Gasteiger charge is -2.40. The number of aliphatic hydroxyl groups excluding tert-OH is 1. The first-order chi connectivity index (χ1) is 8.11. The normalized spacial score (nSPS) is 17.9. The Morgan fingerprint density at radius 1 is 1.47 bits per heavy atom. The highest BCUT2D eigenvalue weighted by atomic mass is 16.3. The van der Waals surface area contributed by atoms with E-state index in [1.807, 2.05) is 18.7 Å². The van der Waals surface area contributed by atoms with Crippen molar-refractivity contribution in [3.63, 3.8) is 0 Å². The zero-order valence-electron chi connectivity index (χ0n) is 11.1. The summed E-state index contributed by atoms with van der Waals surface area (Å²) >= 11 is 0. The molecular formula is C13H26N2O2. The highest BCUT2D eigenvalue weighted by Gasteiger charge is 2.32. The van der Waals surface area contributed by atoms with Crippen LogP contribution in [0.2, 0.25) is 0 Å². The number of hydrogen-bond acceptors (Lipinski definition) is 3. The molecule has 0 radical (unpaired) electrons. The molecule has 3 N–H and O–H groups in total. The summed E-state index contributed by atoms with van der Waals surface area (Å²) in [4.78, 5) is 14.4. The molecule has 0 aromatic rings. The van der Waals surface area contributed by atoms with E-state index in [2.05, 4.69) is 0 Å². The summed E-state index contributed by atoms with van der Waals surface area (Å²) in [5.41, 5.74) is 5.70. The molecule has 4 nitrogen and oxygen atoms in total. The van der Waals surface area contributed by atoms with Crippen LogP contribution in [-0.4, -0.2) is 41.7 Å². The second-order valence-electron chi connectivity index (χ2n) is 5.28. The van der Waals surface area contributed by atoms with Crippen molar-refractivity contribution >= 4 is 5.91 Å². The lowest BCUT2D eigenvalue weighted by atomic mass is 9.88. The third-order valence-corrected chi connectivity index (χ3v) is 3.73. The van der Waals surface area contributed by atoms with E-state index in [0.717, 1.165) is 12.8 Å². The minimum absolute atomic E-state index is 0.0747. The van der Waals surface area contributed by atoms with E-state index in [1.54, 1.807) is 0 Å². The fraction of sp³-hybridized carbons (Fsp3) is 0.923. The Bertz CT molecular complexity index is 240. The van der Waals surface area contributed by atoms with Crippen LogP contribution in [0.25, 0.3) is 0 Å². The summed E-state index contributed by atoms with van der Waals surface area (Å²) in [6.07, 6.45) is 4.08. The van der Waals surface area contributed by atoms with E-state index < -0.39 is 0 Å². The van der Waals surface area contributed by atoms with Crippen LogP contribution >= 0.6 is 0 Å². The maximum absolute atomic E-state index is 12.4. The molecule has 0 saturated heterocycles. The Hall–Kier alpha value is -0.610. The molecule has 1 aliphatic rings. The SMILES string of the molecule is CC(C)C(CN)C(=O)N(CCCO)C1CCC1. The van der Waals surface area contributed by atoms with Crippen molar-refractivity contribution in [2.24, 2.45) is 17.6 Å². The van der Waals surface area contributed by atoms with Gasteiger partial charge in [0, 0.05) is 25.7 Å². The zero-order valence-corrected chi connectivity index (χ0v) is 11.1. The van der Waals surface area contributed by atoms with Gasteiger partial charge < -0.3 is 15.7 Å². The summed E-state index contributed by atoms with van der Waals surface area (Å²) in [5.74, 6) is 0.388. The molecule has 1 saturated carbocycles. The predicted molar refractivity (Wildman–Crippen MR) is 68.4 cm³/mol. The molecular weight excluding hydrogens is 216 g/mol. The van der Waals surface area contributed by atoms with Crippen molar-refractivity contribution in [3.05, 3.63) is 0 Å². The first-order valence-electron chi connectivity index (χ1n) is 6.73. The van der Waals surface area contributed by atoms with E-state index in [0.29, 0.717) is 25.6 Å². The third kappa shape index (κ3) is 3.68. The number of hydrogen-bond donors (Lipinski definition) is 2. The van der Waals surface area contributed by atoms with Gasteiger partial charge in [-0.2, -0.15) is 0 Å². The van der Waals surface area contributed by atoms with Crippen LogP contribution in [0.5, 0.6) is 0 Å².